The molecule has 2 aromatic rings. The molecule has 0 saturated carbocycles. The van der Waals surface area contributed by atoms with Crippen LogP contribution in [0.3, 0.4) is 0 Å². The average molecular weight is 290 g/mol. The molecule has 4 heteroatoms. The summed E-state index contributed by atoms with van der Waals surface area (Å²) in [5.41, 5.74) is -0.0863. The maximum atomic E-state index is 13.1. The van der Waals surface area contributed by atoms with Gasteiger partial charge in [-0.15, -0.1) is 0 Å². The standard InChI is InChI=1S/C17H13F3O/c18-17(19,20)15(11-13-7-3-1-4-8-13)12-16(21)14-9-5-2-6-10-14/h1-10,12H,11H2/b15-12+. The van der Waals surface area contributed by atoms with Gasteiger partial charge in [0, 0.05) is 17.6 Å². The number of carbonyl (C=O) groups is 1. The van der Waals surface area contributed by atoms with Crippen LogP contribution in [0.4, 0.5) is 13.2 Å². The van der Waals surface area contributed by atoms with Crippen LogP contribution in [0.15, 0.2) is 72.3 Å². The van der Waals surface area contributed by atoms with Crippen LogP contribution in [-0.2, 0) is 6.42 Å². The highest BCUT2D eigenvalue weighted by atomic mass is 19.4. The van der Waals surface area contributed by atoms with Gasteiger partial charge in [0.1, 0.15) is 0 Å². The van der Waals surface area contributed by atoms with E-state index in [4.69, 9.17) is 0 Å². The zero-order chi connectivity index (χ0) is 15.3. The number of carbonyl (C=O) groups excluding carboxylic acids is 1. The lowest BCUT2D eigenvalue weighted by molar-refractivity contribution is -0.0932. The minimum atomic E-state index is -4.53. The first-order chi connectivity index (χ1) is 9.97. The maximum Gasteiger partial charge on any atom is 0.413 e. The van der Waals surface area contributed by atoms with Crippen LogP contribution in [-0.4, -0.2) is 12.0 Å². The highest BCUT2D eigenvalue weighted by Crippen LogP contribution is 2.29. The minimum Gasteiger partial charge on any atom is -0.289 e. The van der Waals surface area contributed by atoms with Gasteiger partial charge in [0.2, 0.25) is 0 Å². The van der Waals surface area contributed by atoms with Crippen molar-refractivity contribution in [2.24, 2.45) is 0 Å². The quantitative estimate of drug-likeness (QED) is 0.594. The van der Waals surface area contributed by atoms with Crippen molar-refractivity contribution in [3.63, 3.8) is 0 Å². The molecule has 0 fully saturated rings. The predicted octanol–water partition coefficient (Wildman–Crippen LogP) is 4.60. The summed E-state index contributed by atoms with van der Waals surface area (Å²) in [4.78, 5) is 11.9. The minimum absolute atomic E-state index is 0.243. The van der Waals surface area contributed by atoms with Gasteiger partial charge in [-0.05, 0) is 11.6 Å². The van der Waals surface area contributed by atoms with E-state index in [-0.39, 0.29) is 12.0 Å². The Morgan fingerprint density at radius 2 is 1.43 bits per heavy atom. The molecule has 0 unspecified atom stereocenters. The second-order valence-corrected chi connectivity index (χ2v) is 4.56. The number of allylic oxidation sites excluding steroid dienone is 2. The first-order valence-electron chi connectivity index (χ1n) is 6.38. The molecule has 0 heterocycles. The first kappa shape index (κ1) is 15.0. The van der Waals surface area contributed by atoms with E-state index >= 15 is 0 Å². The largest absolute Gasteiger partial charge is 0.413 e. The third-order valence-electron chi connectivity index (χ3n) is 2.97. The van der Waals surface area contributed by atoms with Gasteiger partial charge in [-0.2, -0.15) is 13.2 Å². The summed E-state index contributed by atoms with van der Waals surface area (Å²) < 4.78 is 39.2. The second-order valence-electron chi connectivity index (χ2n) is 4.56. The van der Waals surface area contributed by atoms with E-state index in [1.165, 1.54) is 12.1 Å². The Labute approximate surface area is 120 Å². The fourth-order valence-corrected chi connectivity index (χ4v) is 1.89. The number of hydrogen-bond acceptors (Lipinski definition) is 1. The van der Waals surface area contributed by atoms with Crippen LogP contribution < -0.4 is 0 Å². The van der Waals surface area contributed by atoms with Crippen LogP contribution in [0.2, 0.25) is 0 Å². The van der Waals surface area contributed by atoms with Crippen LogP contribution in [0.25, 0.3) is 0 Å². The summed E-state index contributed by atoms with van der Waals surface area (Å²) in [7, 11) is 0. The zero-order valence-corrected chi connectivity index (χ0v) is 11.1. The monoisotopic (exact) mass is 290 g/mol. The highest BCUT2D eigenvalue weighted by Gasteiger charge is 2.34. The lowest BCUT2D eigenvalue weighted by Crippen LogP contribution is -2.16. The van der Waals surface area contributed by atoms with Crippen LogP contribution in [0.5, 0.6) is 0 Å². The molecule has 0 aliphatic carbocycles. The van der Waals surface area contributed by atoms with E-state index in [0.29, 0.717) is 11.6 Å². The summed E-state index contributed by atoms with van der Waals surface area (Å²) in [5, 5.41) is 0. The van der Waals surface area contributed by atoms with E-state index < -0.39 is 17.5 Å². The van der Waals surface area contributed by atoms with Gasteiger partial charge in [0.15, 0.2) is 5.78 Å². The molecule has 0 saturated heterocycles. The Balaban J connectivity index is 2.28. The van der Waals surface area contributed by atoms with Crippen LogP contribution in [0.1, 0.15) is 15.9 Å². The molecule has 108 valence electrons. The number of alkyl halides is 3. The normalized spacial score (nSPS) is 12.2. The number of hydrogen-bond donors (Lipinski definition) is 0. The van der Waals surface area contributed by atoms with Crippen molar-refractivity contribution in [3.8, 4) is 0 Å². The van der Waals surface area contributed by atoms with E-state index in [9.17, 15) is 18.0 Å². The lowest BCUT2D eigenvalue weighted by atomic mass is 10.0. The van der Waals surface area contributed by atoms with Gasteiger partial charge in [-0.3, -0.25) is 4.79 Å². The molecule has 0 atom stereocenters. The average Bonchev–Trinajstić information content (AvgIpc) is 2.47. The van der Waals surface area contributed by atoms with Gasteiger partial charge in [0.05, 0.1) is 0 Å². The van der Waals surface area contributed by atoms with E-state index in [0.717, 1.165) is 0 Å². The number of ketones is 1. The summed E-state index contributed by atoms with van der Waals surface area (Å²) in [6.07, 6.45) is -4.16. The van der Waals surface area contributed by atoms with Crippen molar-refractivity contribution in [2.75, 3.05) is 0 Å². The van der Waals surface area contributed by atoms with Crippen molar-refractivity contribution in [1.29, 1.82) is 0 Å². The number of benzene rings is 2. The molecule has 0 radical (unpaired) electrons. The Morgan fingerprint density at radius 3 is 1.95 bits per heavy atom. The first-order valence-corrected chi connectivity index (χ1v) is 6.38. The SMILES string of the molecule is O=C(/C=C(\Cc1ccccc1)C(F)(F)F)c1ccccc1. The molecule has 0 N–H and O–H groups in total. The molecular formula is C17H13F3O. The molecule has 0 aromatic heterocycles. The highest BCUT2D eigenvalue weighted by molar-refractivity contribution is 6.05. The smallest absolute Gasteiger partial charge is 0.289 e. The summed E-state index contributed by atoms with van der Waals surface area (Å²) in [5.74, 6) is -0.640. The van der Waals surface area contributed by atoms with Crippen LogP contribution >= 0.6 is 0 Å². The van der Waals surface area contributed by atoms with Gasteiger partial charge in [0.25, 0.3) is 0 Å². The summed E-state index contributed by atoms with van der Waals surface area (Å²) in [6.45, 7) is 0. The van der Waals surface area contributed by atoms with Crippen molar-refractivity contribution in [2.45, 2.75) is 12.6 Å². The fraction of sp³-hybridized carbons (Fsp3) is 0.118. The van der Waals surface area contributed by atoms with Gasteiger partial charge < -0.3 is 0 Å². The summed E-state index contributed by atoms with van der Waals surface area (Å²) >= 11 is 0. The Hall–Kier alpha value is -2.36. The second kappa shape index (κ2) is 6.39. The molecule has 2 aromatic carbocycles. The molecule has 0 bridgehead atoms. The molecule has 0 amide bonds. The van der Waals surface area contributed by atoms with E-state index in [2.05, 4.69) is 0 Å². The Bertz CT molecular complexity index is 628. The van der Waals surface area contributed by atoms with Crippen molar-refractivity contribution in [1.82, 2.24) is 0 Å². The van der Waals surface area contributed by atoms with E-state index in [1.807, 2.05) is 0 Å². The Morgan fingerprint density at radius 1 is 0.905 bits per heavy atom. The van der Waals surface area contributed by atoms with Gasteiger partial charge in [-0.1, -0.05) is 60.7 Å². The van der Waals surface area contributed by atoms with Crippen molar-refractivity contribution < 1.29 is 18.0 Å². The van der Waals surface area contributed by atoms with Gasteiger partial charge in [-0.25, -0.2) is 0 Å². The molecular weight excluding hydrogens is 277 g/mol. The molecule has 0 spiro atoms. The maximum absolute atomic E-state index is 13.1. The van der Waals surface area contributed by atoms with Crippen molar-refractivity contribution >= 4 is 5.78 Å². The summed E-state index contributed by atoms with van der Waals surface area (Å²) in [6, 6.07) is 16.2. The topological polar surface area (TPSA) is 17.1 Å². The Kier molecular flexibility index (Phi) is 4.58. The fourth-order valence-electron chi connectivity index (χ4n) is 1.89. The predicted molar refractivity (Wildman–Crippen MR) is 75.1 cm³/mol. The van der Waals surface area contributed by atoms with Gasteiger partial charge >= 0.3 is 6.18 Å². The zero-order valence-electron chi connectivity index (χ0n) is 11.1. The molecule has 2 rings (SSSR count). The molecule has 0 aliphatic heterocycles. The molecule has 1 nitrogen and oxygen atoms in total. The van der Waals surface area contributed by atoms with Crippen LogP contribution in [0, 0.1) is 0 Å². The number of rotatable bonds is 4. The van der Waals surface area contributed by atoms with E-state index in [1.54, 1.807) is 48.5 Å². The molecule has 0 aliphatic rings. The molecule has 21 heavy (non-hydrogen) atoms. The third-order valence-corrected chi connectivity index (χ3v) is 2.97. The number of halogens is 3. The third kappa shape index (κ3) is 4.31. The van der Waals surface area contributed by atoms with Crippen molar-refractivity contribution in [3.05, 3.63) is 83.4 Å². The lowest BCUT2D eigenvalue weighted by Gasteiger charge is -2.11.